The summed E-state index contributed by atoms with van der Waals surface area (Å²) in [6, 6.07) is 7.43. The van der Waals surface area contributed by atoms with Crippen LogP contribution in [0.1, 0.15) is 31.2 Å². The highest BCUT2D eigenvalue weighted by atomic mass is 32.2. The van der Waals surface area contributed by atoms with Crippen LogP contribution < -0.4 is 5.73 Å². The minimum Gasteiger partial charge on any atom is -0.328 e. The van der Waals surface area contributed by atoms with Crippen molar-refractivity contribution in [3.8, 4) is 0 Å². The largest absolute Gasteiger partial charge is 0.328 e. The Morgan fingerprint density at radius 2 is 1.74 bits per heavy atom. The highest BCUT2D eigenvalue weighted by molar-refractivity contribution is 7.89. The second-order valence-corrected chi connectivity index (χ2v) is 7.32. The number of hydrogen-bond donors (Lipinski definition) is 1. The molecule has 19 heavy (non-hydrogen) atoms. The van der Waals surface area contributed by atoms with Crippen LogP contribution in [-0.2, 0) is 10.0 Å². The topological polar surface area (TPSA) is 63.4 Å². The van der Waals surface area contributed by atoms with Crippen LogP contribution in [0.15, 0.2) is 29.2 Å². The molecule has 1 aliphatic rings. The standard InChI is InChI=1S/C14H22N2O2S/c1-11-5-3-4-6-14(11)19(17,18)16(2)13-9-7-12(15)8-10-13/h3-6,12-13H,7-10,15H2,1-2H3. The van der Waals surface area contributed by atoms with E-state index in [-0.39, 0.29) is 12.1 Å². The van der Waals surface area contributed by atoms with Gasteiger partial charge in [-0.2, -0.15) is 4.31 Å². The molecule has 0 saturated heterocycles. The summed E-state index contributed by atoms with van der Waals surface area (Å²) in [4.78, 5) is 0.410. The first kappa shape index (κ1) is 14.5. The Morgan fingerprint density at radius 1 is 1.16 bits per heavy atom. The average molecular weight is 282 g/mol. The third-order valence-corrected chi connectivity index (χ3v) is 6.08. The van der Waals surface area contributed by atoms with Gasteiger partial charge in [0.1, 0.15) is 0 Å². The van der Waals surface area contributed by atoms with Crippen molar-refractivity contribution in [1.29, 1.82) is 0 Å². The van der Waals surface area contributed by atoms with Gasteiger partial charge in [-0.25, -0.2) is 8.42 Å². The van der Waals surface area contributed by atoms with Crippen LogP contribution in [0.4, 0.5) is 0 Å². The summed E-state index contributed by atoms with van der Waals surface area (Å²) < 4.78 is 26.8. The summed E-state index contributed by atoms with van der Waals surface area (Å²) in [5.74, 6) is 0. The minimum atomic E-state index is -3.39. The second kappa shape index (κ2) is 5.61. The fraction of sp³-hybridized carbons (Fsp3) is 0.571. The van der Waals surface area contributed by atoms with Gasteiger partial charge in [0, 0.05) is 19.1 Å². The molecule has 0 unspecified atom stereocenters. The Balaban J connectivity index is 2.23. The zero-order chi connectivity index (χ0) is 14.0. The van der Waals surface area contributed by atoms with E-state index in [0.717, 1.165) is 31.2 Å². The molecule has 1 aliphatic carbocycles. The number of aryl methyl sites for hydroxylation is 1. The lowest BCUT2D eigenvalue weighted by molar-refractivity contribution is 0.268. The molecule has 1 fully saturated rings. The van der Waals surface area contributed by atoms with Crippen molar-refractivity contribution in [2.24, 2.45) is 5.73 Å². The monoisotopic (exact) mass is 282 g/mol. The predicted octanol–water partition coefficient (Wildman–Crippen LogP) is 1.89. The maximum atomic E-state index is 12.6. The molecule has 0 aromatic heterocycles. The summed E-state index contributed by atoms with van der Waals surface area (Å²) in [6.45, 7) is 1.83. The summed E-state index contributed by atoms with van der Waals surface area (Å²) in [5.41, 5.74) is 6.67. The van der Waals surface area contributed by atoms with Gasteiger partial charge >= 0.3 is 0 Å². The fourth-order valence-corrected chi connectivity index (χ4v) is 4.30. The summed E-state index contributed by atoms with van der Waals surface area (Å²) in [5, 5.41) is 0. The third-order valence-electron chi connectivity index (χ3n) is 4.01. The van der Waals surface area contributed by atoms with Gasteiger partial charge in [-0.05, 0) is 44.2 Å². The van der Waals surface area contributed by atoms with Gasteiger partial charge in [0.25, 0.3) is 0 Å². The lowest BCUT2D eigenvalue weighted by Crippen LogP contribution is -2.41. The Morgan fingerprint density at radius 3 is 2.32 bits per heavy atom. The van der Waals surface area contributed by atoms with Crippen molar-refractivity contribution in [2.45, 2.75) is 49.6 Å². The average Bonchev–Trinajstić information content (AvgIpc) is 2.39. The smallest absolute Gasteiger partial charge is 0.243 e. The third kappa shape index (κ3) is 2.99. The molecule has 0 amide bonds. The van der Waals surface area contributed by atoms with E-state index >= 15 is 0 Å². The molecule has 0 radical (unpaired) electrons. The van der Waals surface area contributed by atoms with Crippen molar-refractivity contribution in [3.63, 3.8) is 0 Å². The fourth-order valence-electron chi connectivity index (χ4n) is 2.66. The molecule has 2 N–H and O–H groups in total. The van der Waals surface area contributed by atoms with E-state index in [1.54, 1.807) is 19.2 Å². The number of sulfonamides is 1. The highest BCUT2D eigenvalue weighted by Gasteiger charge is 2.31. The van der Waals surface area contributed by atoms with E-state index in [1.807, 2.05) is 19.1 Å². The number of benzene rings is 1. The first-order valence-electron chi connectivity index (χ1n) is 6.72. The van der Waals surface area contributed by atoms with E-state index in [1.165, 1.54) is 4.31 Å². The SMILES string of the molecule is Cc1ccccc1S(=O)(=O)N(C)C1CCC(N)CC1. The molecule has 0 aliphatic heterocycles. The lowest BCUT2D eigenvalue weighted by atomic mass is 9.92. The van der Waals surface area contributed by atoms with Crippen LogP contribution in [0.25, 0.3) is 0 Å². The quantitative estimate of drug-likeness (QED) is 0.920. The number of rotatable bonds is 3. The maximum absolute atomic E-state index is 12.6. The van der Waals surface area contributed by atoms with Crippen LogP contribution >= 0.6 is 0 Å². The van der Waals surface area contributed by atoms with Gasteiger partial charge in [-0.3, -0.25) is 0 Å². The van der Waals surface area contributed by atoms with Gasteiger partial charge in [0.05, 0.1) is 4.90 Å². The molecule has 106 valence electrons. The molecule has 0 spiro atoms. The van der Waals surface area contributed by atoms with Crippen molar-refractivity contribution in [2.75, 3.05) is 7.05 Å². The maximum Gasteiger partial charge on any atom is 0.243 e. The van der Waals surface area contributed by atoms with E-state index in [9.17, 15) is 8.42 Å². The van der Waals surface area contributed by atoms with E-state index in [4.69, 9.17) is 5.73 Å². The van der Waals surface area contributed by atoms with Gasteiger partial charge in [0.2, 0.25) is 10.0 Å². The molecule has 0 heterocycles. The molecule has 2 rings (SSSR count). The number of hydrogen-bond acceptors (Lipinski definition) is 3. The van der Waals surface area contributed by atoms with E-state index in [2.05, 4.69) is 0 Å². The van der Waals surface area contributed by atoms with Gasteiger partial charge in [-0.15, -0.1) is 0 Å². The molecule has 1 aromatic carbocycles. The molecular formula is C14H22N2O2S. The van der Waals surface area contributed by atoms with Crippen LogP contribution in [0.2, 0.25) is 0 Å². The zero-order valence-electron chi connectivity index (χ0n) is 11.5. The Labute approximate surface area is 115 Å². The first-order valence-corrected chi connectivity index (χ1v) is 8.16. The molecule has 1 saturated carbocycles. The van der Waals surface area contributed by atoms with E-state index < -0.39 is 10.0 Å². The van der Waals surface area contributed by atoms with Crippen molar-refractivity contribution < 1.29 is 8.42 Å². The normalized spacial score (nSPS) is 24.6. The predicted molar refractivity (Wildman–Crippen MR) is 76.4 cm³/mol. The molecule has 0 atom stereocenters. The molecule has 0 bridgehead atoms. The van der Waals surface area contributed by atoms with Crippen molar-refractivity contribution in [3.05, 3.63) is 29.8 Å². The van der Waals surface area contributed by atoms with Gasteiger partial charge in [-0.1, -0.05) is 18.2 Å². The van der Waals surface area contributed by atoms with Gasteiger partial charge in [0.15, 0.2) is 0 Å². The Bertz CT molecular complexity index is 534. The van der Waals surface area contributed by atoms with Crippen molar-refractivity contribution in [1.82, 2.24) is 4.31 Å². The zero-order valence-corrected chi connectivity index (χ0v) is 12.4. The van der Waals surface area contributed by atoms with E-state index in [0.29, 0.717) is 4.90 Å². The Kier molecular flexibility index (Phi) is 4.28. The number of nitrogens with two attached hydrogens (primary N) is 1. The summed E-state index contributed by atoms with van der Waals surface area (Å²) in [6.07, 6.45) is 3.50. The second-order valence-electron chi connectivity index (χ2n) is 5.36. The van der Waals surface area contributed by atoms with Crippen LogP contribution in [0.3, 0.4) is 0 Å². The van der Waals surface area contributed by atoms with Gasteiger partial charge < -0.3 is 5.73 Å². The van der Waals surface area contributed by atoms with Crippen LogP contribution in [-0.4, -0.2) is 31.9 Å². The first-order chi connectivity index (χ1) is 8.93. The molecular weight excluding hydrogens is 260 g/mol. The number of nitrogens with zero attached hydrogens (tertiary/aromatic N) is 1. The summed E-state index contributed by atoms with van der Waals surface area (Å²) in [7, 11) is -1.71. The van der Waals surface area contributed by atoms with Crippen LogP contribution in [0, 0.1) is 6.92 Å². The lowest BCUT2D eigenvalue weighted by Gasteiger charge is -2.33. The minimum absolute atomic E-state index is 0.0735. The highest BCUT2D eigenvalue weighted by Crippen LogP contribution is 2.27. The van der Waals surface area contributed by atoms with Crippen LogP contribution in [0.5, 0.6) is 0 Å². The molecule has 5 heteroatoms. The van der Waals surface area contributed by atoms with Crippen molar-refractivity contribution >= 4 is 10.0 Å². The molecule has 4 nitrogen and oxygen atoms in total. The molecule has 1 aromatic rings. The Hall–Kier alpha value is -0.910. The summed E-state index contributed by atoms with van der Waals surface area (Å²) >= 11 is 0.